The van der Waals surface area contributed by atoms with Gasteiger partial charge >= 0.3 is 5.97 Å². The number of benzene rings is 1. The summed E-state index contributed by atoms with van der Waals surface area (Å²) in [5, 5.41) is 9.58. The molecule has 1 atom stereocenters. The molecule has 7 heteroatoms. The number of rotatable bonds is 8. The molecule has 0 saturated carbocycles. The number of carbonyl (C=O) groups is 1. The van der Waals surface area contributed by atoms with Gasteiger partial charge in [0.15, 0.2) is 0 Å². The number of hydrogen-bond donors (Lipinski definition) is 1. The molecule has 6 nitrogen and oxygen atoms in total. The Morgan fingerprint density at radius 1 is 1.29 bits per heavy atom. The van der Waals surface area contributed by atoms with Gasteiger partial charge in [0.05, 0.1) is 30.6 Å². The summed E-state index contributed by atoms with van der Waals surface area (Å²) in [4.78, 5) is 11.3. The first-order chi connectivity index (χ1) is 9.85. The standard InChI is InChI=1S/C14H20O6S/c1-3-8-19-14(16)9-12(15)10-20-21(17,18)13-6-4-11(2)5-7-13/h4-7,12,15H,3,8-10H2,1-2H3. The third-order valence-electron chi connectivity index (χ3n) is 2.59. The molecule has 1 aromatic rings. The minimum atomic E-state index is -3.94. The third-order valence-corrected chi connectivity index (χ3v) is 3.89. The Bertz CT molecular complexity index is 549. The molecule has 1 rings (SSSR count). The van der Waals surface area contributed by atoms with Crippen LogP contribution in [0.1, 0.15) is 25.3 Å². The molecule has 1 unspecified atom stereocenters. The van der Waals surface area contributed by atoms with Gasteiger partial charge in [-0.3, -0.25) is 8.98 Å². The predicted octanol–water partition coefficient (Wildman–Crippen LogP) is 1.40. The molecular weight excluding hydrogens is 296 g/mol. The monoisotopic (exact) mass is 316 g/mol. The fraction of sp³-hybridized carbons (Fsp3) is 0.500. The van der Waals surface area contributed by atoms with E-state index in [1.807, 2.05) is 13.8 Å². The zero-order valence-electron chi connectivity index (χ0n) is 12.1. The van der Waals surface area contributed by atoms with Crippen LogP contribution in [-0.4, -0.2) is 38.8 Å². The molecule has 0 aliphatic heterocycles. The summed E-state index contributed by atoms with van der Waals surface area (Å²) in [6, 6.07) is 6.14. The zero-order chi connectivity index (χ0) is 15.9. The molecule has 0 amide bonds. The number of carbonyl (C=O) groups excluding carboxylic acids is 1. The topological polar surface area (TPSA) is 89.9 Å². The van der Waals surface area contributed by atoms with Crippen molar-refractivity contribution in [2.24, 2.45) is 0 Å². The van der Waals surface area contributed by atoms with Crippen molar-refractivity contribution in [2.75, 3.05) is 13.2 Å². The second kappa shape index (κ2) is 8.11. The molecule has 0 radical (unpaired) electrons. The van der Waals surface area contributed by atoms with Crippen LogP contribution >= 0.6 is 0 Å². The number of aryl methyl sites for hydroxylation is 1. The van der Waals surface area contributed by atoms with Crippen LogP contribution in [0.4, 0.5) is 0 Å². The van der Waals surface area contributed by atoms with Crippen molar-refractivity contribution in [2.45, 2.75) is 37.7 Å². The van der Waals surface area contributed by atoms with E-state index < -0.39 is 28.8 Å². The van der Waals surface area contributed by atoms with Crippen molar-refractivity contribution >= 4 is 16.1 Å². The van der Waals surface area contributed by atoms with E-state index in [4.69, 9.17) is 8.92 Å². The lowest BCUT2D eigenvalue weighted by molar-refractivity contribution is -0.146. The first-order valence-electron chi connectivity index (χ1n) is 6.65. The van der Waals surface area contributed by atoms with Crippen molar-refractivity contribution in [3.63, 3.8) is 0 Å². The minimum Gasteiger partial charge on any atom is -0.466 e. The quantitative estimate of drug-likeness (QED) is 0.576. The highest BCUT2D eigenvalue weighted by atomic mass is 32.2. The van der Waals surface area contributed by atoms with Gasteiger partial charge in [0.1, 0.15) is 0 Å². The van der Waals surface area contributed by atoms with Gasteiger partial charge in [-0.2, -0.15) is 8.42 Å². The molecular formula is C14H20O6S. The van der Waals surface area contributed by atoms with Gasteiger partial charge in [0.2, 0.25) is 0 Å². The molecule has 1 aromatic carbocycles. The van der Waals surface area contributed by atoms with E-state index in [2.05, 4.69) is 0 Å². The molecule has 118 valence electrons. The van der Waals surface area contributed by atoms with Crippen molar-refractivity contribution in [1.82, 2.24) is 0 Å². The van der Waals surface area contributed by atoms with Crippen LogP contribution in [0.3, 0.4) is 0 Å². The average molecular weight is 316 g/mol. The molecule has 0 aromatic heterocycles. The highest BCUT2D eigenvalue weighted by Crippen LogP contribution is 2.13. The van der Waals surface area contributed by atoms with Crippen molar-refractivity contribution in [1.29, 1.82) is 0 Å². The summed E-state index contributed by atoms with van der Waals surface area (Å²) in [5.41, 5.74) is 0.924. The molecule has 0 saturated heterocycles. The van der Waals surface area contributed by atoms with Crippen LogP contribution in [-0.2, 0) is 23.8 Å². The van der Waals surface area contributed by atoms with Gasteiger partial charge in [-0.15, -0.1) is 0 Å². The summed E-state index contributed by atoms with van der Waals surface area (Å²) in [7, 11) is -3.94. The van der Waals surface area contributed by atoms with Crippen LogP contribution in [0.5, 0.6) is 0 Å². The number of aliphatic hydroxyl groups is 1. The van der Waals surface area contributed by atoms with Crippen LogP contribution < -0.4 is 0 Å². The molecule has 1 N–H and O–H groups in total. The van der Waals surface area contributed by atoms with Gasteiger partial charge in [0.25, 0.3) is 10.1 Å². The van der Waals surface area contributed by atoms with E-state index in [9.17, 15) is 18.3 Å². The fourth-order valence-corrected chi connectivity index (χ4v) is 2.41. The normalized spacial score (nSPS) is 12.9. The predicted molar refractivity (Wildman–Crippen MR) is 76.2 cm³/mol. The first-order valence-corrected chi connectivity index (χ1v) is 8.05. The molecule has 0 fully saturated rings. The number of esters is 1. The fourth-order valence-electron chi connectivity index (χ4n) is 1.47. The Morgan fingerprint density at radius 3 is 2.48 bits per heavy atom. The molecule has 0 bridgehead atoms. The van der Waals surface area contributed by atoms with E-state index in [-0.39, 0.29) is 17.9 Å². The lowest BCUT2D eigenvalue weighted by Crippen LogP contribution is -2.23. The lowest BCUT2D eigenvalue weighted by Gasteiger charge is -2.11. The molecule has 0 spiro atoms. The van der Waals surface area contributed by atoms with Gasteiger partial charge in [-0.1, -0.05) is 24.6 Å². The smallest absolute Gasteiger partial charge is 0.308 e. The highest BCUT2D eigenvalue weighted by molar-refractivity contribution is 7.86. The number of ether oxygens (including phenoxy) is 1. The van der Waals surface area contributed by atoms with Gasteiger partial charge < -0.3 is 9.84 Å². The van der Waals surface area contributed by atoms with E-state index in [0.717, 1.165) is 5.56 Å². The van der Waals surface area contributed by atoms with Gasteiger partial charge in [0, 0.05) is 0 Å². The van der Waals surface area contributed by atoms with E-state index >= 15 is 0 Å². The Morgan fingerprint density at radius 2 is 1.90 bits per heavy atom. The summed E-state index contributed by atoms with van der Waals surface area (Å²) in [6.45, 7) is 3.47. The highest BCUT2D eigenvalue weighted by Gasteiger charge is 2.19. The Labute approximate surface area is 124 Å². The van der Waals surface area contributed by atoms with E-state index in [1.165, 1.54) is 12.1 Å². The van der Waals surface area contributed by atoms with Crippen LogP contribution in [0.2, 0.25) is 0 Å². The number of hydrogen-bond acceptors (Lipinski definition) is 6. The van der Waals surface area contributed by atoms with Gasteiger partial charge in [-0.05, 0) is 25.5 Å². The van der Waals surface area contributed by atoms with E-state index in [0.29, 0.717) is 6.42 Å². The Hall–Kier alpha value is -1.44. The largest absolute Gasteiger partial charge is 0.466 e. The summed E-state index contributed by atoms with van der Waals surface area (Å²) in [5.74, 6) is -0.583. The Kier molecular flexibility index (Phi) is 6.80. The average Bonchev–Trinajstić information content (AvgIpc) is 2.43. The van der Waals surface area contributed by atoms with Crippen LogP contribution in [0, 0.1) is 6.92 Å². The van der Waals surface area contributed by atoms with Gasteiger partial charge in [-0.25, -0.2) is 0 Å². The van der Waals surface area contributed by atoms with Crippen molar-refractivity contribution in [3.05, 3.63) is 29.8 Å². The second-order valence-corrected chi connectivity index (χ2v) is 6.25. The minimum absolute atomic E-state index is 0.00820. The molecule has 21 heavy (non-hydrogen) atoms. The maximum absolute atomic E-state index is 11.9. The van der Waals surface area contributed by atoms with E-state index in [1.54, 1.807) is 12.1 Å². The van der Waals surface area contributed by atoms with Crippen molar-refractivity contribution < 1.29 is 27.2 Å². The molecule has 0 aliphatic rings. The van der Waals surface area contributed by atoms with Crippen LogP contribution in [0.25, 0.3) is 0 Å². The third kappa shape index (κ3) is 6.24. The maximum atomic E-state index is 11.9. The zero-order valence-corrected chi connectivity index (χ0v) is 12.9. The Balaban J connectivity index is 2.49. The second-order valence-electron chi connectivity index (χ2n) is 4.63. The van der Waals surface area contributed by atoms with Crippen molar-refractivity contribution in [3.8, 4) is 0 Å². The van der Waals surface area contributed by atoms with Crippen LogP contribution in [0.15, 0.2) is 29.2 Å². The maximum Gasteiger partial charge on any atom is 0.308 e. The summed E-state index contributed by atoms with van der Waals surface area (Å²) in [6.07, 6.45) is -0.849. The first kappa shape index (κ1) is 17.6. The molecule has 0 aliphatic carbocycles. The lowest BCUT2D eigenvalue weighted by atomic mass is 10.2. The summed E-state index contributed by atoms with van der Waals surface area (Å²) < 4.78 is 33.2. The SMILES string of the molecule is CCCOC(=O)CC(O)COS(=O)(=O)c1ccc(C)cc1. The summed E-state index contributed by atoms with van der Waals surface area (Å²) >= 11 is 0. The number of aliphatic hydroxyl groups excluding tert-OH is 1. The molecule has 0 heterocycles.